The molecule has 117 valence electrons. The Balaban J connectivity index is 2.19. The number of hydrogen-bond acceptors (Lipinski definition) is 3. The highest BCUT2D eigenvalue weighted by Gasteiger charge is 2.21. The van der Waals surface area contributed by atoms with E-state index in [2.05, 4.69) is 11.4 Å². The first-order chi connectivity index (χ1) is 11.1. The monoisotopic (exact) mass is 325 g/mol. The van der Waals surface area contributed by atoms with Crippen LogP contribution in [0.5, 0.6) is 0 Å². The van der Waals surface area contributed by atoms with Crippen LogP contribution in [0.1, 0.15) is 5.56 Å². The van der Waals surface area contributed by atoms with Crippen molar-refractivity contribution < 1.29 is 8.42 Å². The second-order valence-electron chi connectivity index (χ2n) is 5.17. The Labute approximate surface area is 136 Å². The summed E-state index contributed by atoms with van der Waals surface area (Å²) < 4.78 is 27.3. The van der Waals surface area contributed by atoms with Gasteiger partial charge in [0.2, 0.25) is 0 Å². The lowest BCUT2D eigenvalue weighted by Crippen LogP contribution is -2.13. The Kier molecular flexibility index (Phi) is 4.32. The minimum Gasteiger partial charge on any atom is -0.316 e. The largest absolute Gasteiger partial charge is 0.316 e. The van der Waals surface area contributed by atoms with Crippen molar-refractivity contribution in [3.63, 3.8) is 0 Å². The van der Waals surface area contributed by atoms with Crippen LogP contribution in [-0.2, 0) is 16.6 Å². The lowest BCUT2D eigenvalue weighted by molar-refractivity contribution is 0.588. The molecule has 0 amide bonds. The maximum absolute atomic E-state index is 13.0. The summed E-state index contributed by atoms with van der Waals surface area (Å²) in [5, 5.41) is 3.05. The topological polar surface area (TPSA) is 51.1 Å². The molecule has 5 heteroatoms. The Morgan fingerprint density at radius 1 is 1.13 bits per heavy atom. The summed E-state index contributed by atoms with van der Waals surface area (Å²) in [7, 11) is -1.82. The van der Waals surface area contributed by atoms with Gasteiger partial charge in [0, 0.05) is 12.7 Å². The van der Waals surface area contributed by atoms with Crippen LogP contribution in [-0.4, -0.2) is 19.4 Å². The minimum absolute atomic E-state index is 0.226. The van der Waals surface area contributed by atoms with E-state index in [9.17, 15) is 8.42 Å². The molecule has 3 rings (SSSR count). The van der Waals surface area contributed by atoms with Crippen LogP contribution < -0.4 is 5.32 Å². The van der Waals surface area contributed by atoms with Crippen LogP contribution >= 0.6 is 0 Å². The molecule has 0 bridgehead atoms. The SMILES string of the molecule is CNCc1cc(-c2ccccc2)n(S(=O)(=O)c2c[c]ccc2)c1. The van der Waals surface area contributed by atoms with E-state index in [4.69, 9.17) is 0 Å². The molecule has 0 fully saturated rings. The molecule has 3 aromatic rings. The number of benzene rings is 2. The summed E-state index contributed by atoms with van der Waals surface area (Å²) in [5.41, 5.74) is 2.42. The van der Waals surface area contributed by atoms with Crippen molar-refractivity contribution in [1.29, 1.82) is 0 Å². The lowest BCUT2D eigenvalue weighted by Gasteiger charge is -2.10. The average molecular weight is 325 g/mol. The highest BCUT2D eigenvalue weighted by Crippen LogP contribution is 2.26. The summed E-state index contributed by atoms with van der Waals surface area (Å²) in [5.74, 6) is 0. The summed E-state index contributed by atoms with van der Waals surface area (Å²) in [6.07, 6.45) is 1.67. The number of hydrogen-bond donors (Lipinski definition) is 1. The molecule has 23 heavy (non-hydrogen) atoms. The first-order valence-corrected chi connectivity index (χ1v) is 8.70. The van der Waals surface area contributed by atoms with Crippen molar-refractivity contribution in [3.05, 3.63) is 78.5 Å². The molecule has 4 nitrogen and oxygen atoms in total. The van der Waals surface area contributed by atoms with Crippen LogP contribution in [0.4, 0.5) is 0 Å². The molecule has 0 aliphatic carbocycles. The minimum atomic E-state index is -3.66. The van der Waals surface area contributed by atoms with Gasteiger partial charge >= 0.3 is 0 Å². The van der Waals surface area contributed by atoms with E-state index >= 15 is 0 Å². The fourth-order valence-electron chi connectivity index (χ4n) is 2.47. The van der Waals surface area contributed by atoms with Gasteiger partial charge in [0.05, 0.1) is 10.6 Å². The third-order valence-electron chi connectivity index (χ3n) is 3.53. The molecule has 0 spiro atoms. The molecule has 0 aliphatic heterocycles. The van der Waals surface area contributed by atoms with Crippen molar-refractivity contribution >= 4 is 10.0 Å². The third-order valence-corrected chi connectivity index (χ3v) is 5.20. The maximum Gasteiger partial charge on any atom is 0.268 e. The molecule has 2 aromatic carbocycles. The molecular formula is C18H17N2O2S. The van der Waals surface area contributed by atoms with Gasteiger partial charge in [0.15, 0.2) is 0 Å². The van der Waals surface area contributed by atoms with Crippen LogP contribution in [0.25, 0.3) is 11.3 Å². The standard InChI is InChI=1S/C18H17N2O2S/c1-19-13-15-12-18(16-8-4-2-5-9-16)20(14-15)23(21,22)17-10-6-3-7-11-17/h2-6,8-12,14,19H,13H2,1H3. The second kappa shape index (κ2) is 6.40. The Morgan fingerprint density at radius 2 is 1.91 bits per heavy atom. The zero-order chi connectivity index (χ0) is 16.3. The Hall–Kier alpha value is -2.37. The van der Waals surface area contributed by atoms with Crippen molar-refractivity contribution in [2.24, 2.45) is 0 Å². The Morgan fingerprint density at radius 3 is 2.57 bits per heavy atom. The second-order valence-corrected chi connectivity index (χ2v) is 6.98. The molecule has 0 aliphatic rings. The smallest absolute Gasteiger partial charge is 0.268 e. The summed E-state index contributed by atoms with van der Waals surface area (Å²) in [6.45, 7) is 0.600. The fraction of sp³-hybridized carbons (Fsp3) is 0.111. The van der Waals surface area contributed by atoms with Crippen LogP contribution in [0.3, 0.4) is 0 Å². The molecule has 1 aromatic heterocycles. The van der Waals surface area contributed by atoms with E-state index in [0.717, 1.165) is 11.1 Å². The fourth-order valence-corrected chi connectivity index (χ4v) is 3.85. The molecule has 0 saturated heterocycles. The van der Waals surface area contributed by atoms with Crippen molar-refractivity contribution in [1.82, 2.24) is 9.29 Å². The van der Waals surface area contributed by atoms with Crippen molar-refractivity contribution in [2.45, 2.75) is 11.4 Å². The summed E-state index contributed by atoms with van der Waals surface area (Å²) >= 11 is 0. The van der Waals surface area contributed by atoms with Gasteiger partial charge in [-0.2, -0.15) is 0 Å². The predicted octanol–water partition coefficient (Wildman–Crippen LogP) is 2.91. The number of rotatable bonds is 5. The van der Waals surface area contributed by atoms with E-state index in [1.54, 1.807) is 24.4 Å². The lowest BCUT2D eigenvalue weighted by atomic mass is 10.1. The van der Waals surface area contributed by atoms with Gasteiger partial charge in [-0.15, -0.1) is 0 Å². The Bertz CT molecular complexity index is 885. The molecular weight excluding hydrogens is 308 g/mol. The summed E-state index contributed by atoms with van der Waals surface area (Å²) in [4.78, 5) is 0.226. The van der Waals surface area contributed by atoms with E-state index in [1.165, 1.54) is 10.0 Å². The van der Waals surface area contributed by atoms with Crippen LogP contribution in [0, 0.1) is 6.07 Å². The quantitative estimate of drug-likeness (QED) is 0.785. The molecule has 1 heterocycles. The van der Waals surface area contributed by atoms with Crippen LogP contribution in [0.2, 0.25) is 0 Å². The molecule has 0 unspecified atom stereocenters. The van der Waals surface area contributed by atoms with E-state index in [-0.39, 0.29) is 4.90 Å². The van der Waals surface area contributed by atoms with Crippen LogP contribution in [0.15, 0.2) is 71.8 Å². The maximum atomic E-state index is 13.0. The van der Waals surface area contributed by atoms with Gasteiger partial charge in [-0.3, -0.25) is 0 Å². The van der Waals surface area contributed by atoms with Gasteiger partial charge in [-0.1, -0.05) is 42.5 Å². The zero-order valence-electron chi connectivity index (χ0n) is 12.7. The molecule has 0 atom stereocenters. The molecule has 1 N–H and O–H groups in total. The van der Waals surface area contributed by atoms with Gasteiger partial charge in [-0.25, -0.2) is 12.4 Å². The van der Waals surface area contributed by atoms with Gasteiger partial charge < -0.3 is 5.32 Å². The van der Waals surface area contributed by atoms with Crippen molar-refractivity contribution in [3.8, 4) is 11.3 Å². The van der Waals surface area contributed by atoms with E-state index < -0.39 is 10.0 Å². The highest BCUT2D eigenvalue weighted by atomic mass is 32.2. The van der Waals surface area contributed by atoms with Gasteiger partial charge in [0.1, 0.15) is 0 Å². The van der Waals surface area contributed by atoms with E-state index in [1.807, 2.05) is 43.4 Å². The van der Waals surface area contributed by atoms with Crippen molar-refractivity contribution in [2.75, 3.05) is 7.05 Å². The predicted molar refractivity (Wildman–Crippen MR) is 90.5 cm³/mol. The first kappa shape index (κ1) is 15.5. The molecule has 0 saturated carbocycles. The summed E-state index contributed by atoms with van der Waals surface area (Å²) in [6, 6.07) is 20.7. The zero-order valence-corrected chi connectivity index (χ0v) is 13.5. The van der Waals surface area contributed by atoms with Gasteiger partial charge in [0.25, 0.3) is 10.0 Å². The number of nitrogens with one attached hydrogen (secondary N) is 1. The highest BCUT2D eigenvalue weighted by molar-refractivity contribution is 7.90. The van der Waals surface area contributed by atoms with E-state index in [0.29, 0.717) is 12.2 Å². The number of aromatic nitrogens is 1. The molecule has 1 radical (unpaired) electrons. The normalized spacial score (nSPS) is 11.5. The number of nitrogens with zero attached hydrogens (tertiary/aromatic N) is 1. The van der Waals surface area contributed by atoms with Gasteiger partial charge in [-0.05, 0) is 42.4 Å². The third kappa shape index (κ3) is 3.06. The first-order valence-electron chi connectivity index (χ1n) is 7.26. The average Bonchev–Trinajstić information content (AvgIpc) is 3.02.